The minimum absolute atomic E-state index is 0.117. The van der Waals surface area contributed by atoms with Crippen molar-refractivity contribution in [3.8, 4) is 16.9 Å². The molecule has 3 aromatic rings. The summed E-state index contributed by atoms with van der Waals surface area (Å²) in [4.78, 5) is 0. The summed E-state index contributed by atoms with van der Waals surface area (Å²) < 4.78 is 17.4. The van der Waals surface area contributed by atoms with Crippen LogP contribution in [0.1, 0.15) is 30.5 Å². The van der Waals surface area contributed by atoms with Crippen LogP contribution in [0.25, 0.3) is 28.0 Å². The highest BCUT2D eigenvalue weighted by atomic mass is 16.9. The Hall–Kier alpha value is -2.62. The second kappa shape index (κ2) is 5.44. The molecule has 0 spiro atoms. The highest BCUT2D eigenvalue weighted by Gasteiger charge is 2.42. The van der Waals surface area contributed by atoms with Gasteiger partial charge in [0.2, 0.25) is 0 Å². The molecular formula is C24H22O3. The lowest BCUT2D eigenvalue weighted by molar-refractivity contribution is -0.287. The van der Waals surface area contributed by atoms with Crippen molar-refractivity contribution < 1.29 is 14.2 Å². The van der Waals surface area contributed by atoms with E-state index < -0.39 is 5.97 Å². The van der Waals surface area contributed by atoms with Crippen LogP contribution in [0.5, 0.6) is 5.75 Å². The van der Waals surface area contributed by atoms with Gasteiger partial charge in [0, 0.05) is 36.7 Å². The standard InChI is InChI=1S/C24H22O3/c1-23(2)19-12-8-7-11-17(19)20-15-9-5-6-10-16(15)22-18(21(20)23)13-14-24(25-3,26-4)27-22/h5-14H,1-4H3. The second-order valence-electron chi connectivity index (χ2n) is 7.66. The molecular weight excluding hydrogens is 336 g/mol. The van der Waals surface area contributed by atoms with Crippen LogP contribution in [0, 0.1) is 0 Å². The van der Waals surface area contributed by atoms with E-state index in [1.807, 2.05) is 12.1 Å². The van der Waals surface area contributed by atoms with E-state index in [9.17, 15) is 0 Å². The lowest BCUT2D eigenvalue weighted by Crippen LogP contribution is -2.40. The van der Waals surface area contributed by atoms with E-state index in [4.69, 9.17) is 14.2 Å². The minimum atomic E-state index is -1.19. The molecule has 0 bridgehead atoms. The van der Waals surface area contributed by atoms with Gasteiger partial charge in [-0.05, 0) is 33.7 Å². The Morgan fingerprint density at radius 1 is 0.852 bits per heavy atom. The lowest BCUT2D eigenvalue weighted by Gasteiger charge is -2.34. The molecule has 0 radical (unpaired) electrons. The molecule has 3 aromatic carbocycles. The fourth-order valence-electron chi connectivity index (χ4n) is 4.67. The van der Waals surface area contributed by atoms with Crippen molar-refractivity contribution in [3.05, 3.63) is 71.3 Å². The lowest BCUT2D eigenvalue weighted by atomic mass is 9.78. The first kappa shape index (κ1) is 16.5. The van der Waals surface area contributed by atoms with Crippen LogP contribution in [0.15, 0.2) is 54.6 Å². The Morgan fingerprint density at radius 3 is 2.26 bits per heavy atom. The molecule has 5 rings (SSSR count). The summed E-state index contributed by atoms with van der Waals surface area (Å²) in [5, 5.41) is 2.27. The van der Waals surface area contributed by atoms with Gasteiger partial charge in [-0.25, -0.2) is 0 Å². The summed E-state index contributed by atoms with van der Waals surface area (Å²) in [5.41, 5.74) is 6.25. The van der Waals surface area contributed by atoms with Crippen LogP contribution in [-0.2, 0) is 14.9 Å². The average Bonchev–Trinajstić information content (AvgIpc) is 2.96. The first-order valence-corrected chi connectivity index (χ1v) is 9.20. The van der Waals surface area contributed by atoms with Crippen LogP contribution in [-0.4, -0.2) is 20.2 Å². The molecule has 0 atom stereocenters. The van der Waals surface area contributed by atoms with Gasteiger partial charge >= 0.3 is 5.97 Å². The third-order valence-electron chi connectivity index (χ3n) is 5.97. The molecule has 136 valence electrons. The van der Waals surface area contributed by atoms with Crippen LogP contribution in [0.2, 0.25) is 0 Å². The molecule has 0 aromatic heterocycles. The highest BCUT2D eigenvalue weighted by molar-refractivity contribution is 6.08. The van der Waals surface area contributed by atoms with Gasteiger partial charge in [-0.1, -0.05) is 62.4 Å². The van der Waals surface area contributed by atoms with Crippen molar-refractivity contribution in [1.82, 2.24) is 0 Å². The molecule has 3 nitrogen and oxygen atoms in total. The smallest absolute Gasteiger partial charge is 0.348 e. The summed E-state index contributed by atoms with van der Waals surface area (Å²) in [6.07, 6.45) is 3.94. The molecule has 1 aliphatic heterocycles. The fourth-order valence-corrected chi connectivity index (χ4v) is 4.67. The number of ether oxygens (including phenoxy) is 3. The molecule has 27 heavy (non-hydrogen) atoms. The van der Waals surface area contributed by atoms with E-state index in [0.29, 0.717) is 0 Å². The van der Waals surface area contributed by atoms with E-state index in [0.717, 1.165) is 16.7 Å². The second-order valence-corrected chi connectivity index (χ2v) is 7.66. The summed E-state index contributed by atoms with van der Waals surface area (Å²) in [6.45, 7) is 4.57. The summed E-state index contributed by atoms with van der Waals surface area (Å²) in [6, 6.07) is 17.1. The minimum Gasteiger partial charge on any atom is -0.435 e. The van der Waals surface area contributed by atoms with Crippen molar-refractivity contribution in [2.75, 3.05) is 14.2 Å². The van der Waals surface area contributed by atoms with Gasteiger partial charge in [0.25, 0.3) is 0 Å². The first-order chi connectivity index (χ1) is 13.0. The molecule has 0 saturated carbocycles. The molecule has 0 fully saturated rings. The first-order valence-electron chi connectivity index (χ1n) is 9.20. The van der Waals surface area contributed by atoms with Gasteiger partial charge in [-0.15, -0.1) is 0 Å². The molecule has 3 heteroatoms. The summed E-state index contributed by atoms with van der Waals surface area (Å²) in [5.74, 6) is -0.379. The molecule has 0 amide bonds. The van der Waals surface area contributed by atoms with Crippen LogP contribution >= 0.6 is 0 Å². The van der Waals surface area contributed by atoms with Gasteiger partial charge in [-0.3, -0.25) is 0 Å². The third kappa shape index (κ3) is 2.04. The van der Waals surface area contributed by atoms with E-state index in [1.165, 1.54) is 27.6 Å². The number of fused-ring (bicyclic) bond motifs is 8. The molecule has 0 N–H and O–H groups in total. The number of rotatable bonds is 2. The molecule has 1 heterocycles. The summed E-state index contributed by atoms with van der Waals surface area (Å²) in [7, 11) is 3.18. The SMILES string of the molecule is COC1(OC)C=Cc2c3c(c4ccccc4c2O1)-c1ccccc1C3(C)C. The summed E-state index contributed by atoms with van der Waals surface area (Å²) >= 11 is 0. The molecule has 0 unspecified atom stereocenters. The quantitative estimate of drug-likeness (QED) is 0.566. The number of hydrogen-bond acceptors (Lipinski definition) is 3. The number of benzene rings is 3. The highest BCUT2D eigenvalue weighted by Crippen LogP contribution is 2.56. The number of hydrogen-bond donors (Lipinski definition) is 0. The van der Waals surface area contributed by atoms with E-state index in [2.05, 4.69) is 62.4 Å². The Balaban J connectivity index is 1.94. The largest absolute Gasteiger partial charge is 0.435 e. The molecule has 2 aliphatic rings. The zero-order chi connectivity index (χ0) is 18.8. The van der Waals surface area contributed by atoms with Crippen molar-refractivity contribution in [1.29, 1.82) is 0 Å². The Kier molecular flexibility index (Phi) is 3.34. The topological polar surface area (TPSA) is 27.7 Å². The predicted molar refractivity (Wildman–Crippen MR) is 108 cm³/mol. The fraction of sp³-hybridized carbons (Fsp3) is 0.250. The number of methoxy groups -OCH3 is 2. The van der Waals surface area contributed by atoms with E-state index in [-0.39, 0.29) is 5.41 Å². The van der Waals surface area contributed by atoms with Gasteiger partial charge in [-0.2, -0.15) is 0 Å². The van der Waals surface area contributed by atoms with Gasteiger partial charge in [0.05, 0.1) is 0 Å². The Morgan fingerprint density at radius 2 is 1.52 bits per heavy atom. The Bertz CT molecular complexity index is 1100. The van der Waals surface area contributed by atoms with Crippen molar-refractivity contribution in [2.45, 2.75) is 25.2 Å². The van der Waals surface area contributed by atoms with Gasteiger partial charge < -0.3 is 14.2 Å². The van der Waals surface area contributed by atoms with Crippen molar-refractivity contribution >= 4 is 16.8 Å². The molecule has 0 saturated heterocycles. The van der Waals surface area contributed by atoms with Gasteiger partial charge in [0.15, 0.2) is 0 Å². The average molecular weight is 358 g/mol. The molecule has 1 aliphatic carbocycles. The van der Waals surface area contributed by atoms with Crippen LogP contribution < -0.4 is 4.74 Å². The monoisotopic (exact) mass is 358 g/mol. The zero-order valence-electron chi connectivity index (χ0n) is 16.0. The maximum absolute atomic E-state index is 6.32. The van der Waals surface area contributed by atoms with Crippen molar-refractivity contribution in [2.24, 2.45) is 0 Å². The van der Waals surface area contributed by atoms with E-state index >= 15 is 0 Å². The van der Waals surface area contributed by atoms with Gasteiger partial charge in [0.1, 0.15) is 5.75 Å². The Labute approximate surface area is 159 Å². The third-order valence-corrected chi connectivity index (χ3v) is 5.97. The van der Waals surface area contributed by atoms with Crippen molar-refractivity contribution in [3.63, 3.8) is 0 Å². The predicted octanol–water partition coefficient (Wildman–Crippen LogP) is 5.50. The van der Waals surface area contributed by atoms with Crippen LogP contribution in [0.4, 0.5) is 0 Å². The zero-order valence-corrected chi connectivity index (χ0v) is 16.0. The van der Waals surface area contributed by atoms with E-state index in [1.54, 1.807) is 14.2 Å². The maximum atomic E-state index is 6.32. The normalized spacial score (nSPS) is 17.9. The van der Waals surface area contributed by atoms with Crippen LogP contribution in [0.3, 0.4) is 0 Å². The maximum Gasteiger partial charge on any atom is 0.348 e.